The number of aromatic nitrogens is 2. The van der Waals surface area contributed by atoms with E-state index in [-0.39, 0.29) is 22.4 Å². The molecule has 4 nitrogen and oxygen atoms in total. The zero-order chi connectivity index (χ0) is 9.97. The van der Waals surface area contributed by atoms with E-state index in [1.807, 2.05) is 0 Å². The molecule has 1 atom stereocenters. The van der Waals surface area contributed by atoms with Crippen LogP contribution in [0.5, 0.6) is 6.01 Å². The Morgan fingerprint density at radius 1 is 1.36 bits per heavy atom. The van der Waals surface area contributed by atoms with Crippen molar-refractivity contribution in [2.75, 3.05) is 13.2 Å². The van der Waals surface area contributed by atoms with E-state index in [0.29, 0.717) is 13.2 Å². The minimum Gasteiger partial charge on any atom is -0.458 e. The summed E-state index contributed by atoms with van der Waals surface area (Å²) in [7, 11) is 0. The van der Waals surface area contributed by atoms with Crippen molar-refractivity contribution in [2.24, 2.45) is 0 Å². The molecule has 0 spiro atoms. The number of hydrogen-bond acceptors (Lipinski definition) is 4. The smallest absolute Gasteiger partial charge is 0.319 e. The lowest BCUT2D eigenvalue weighted by molar-refractivity contribution is 0.134. The first-order valence-electron chi connectivity index (χ1n) is 4.18. The van der Waals surface area contributed by atoms with Gasteiger partial charge in [-0.15, -0.1) is 0 Å². The van der Waals surface area contributed by atoms with Gasteiger partial charge < -0.3 is 9.47 Å². The van der Waals surface area contributed by atoms with E-state index in [0.717, 1.165) is 6.42 Å². The summed E-state index contributed by atoms with van der Waals surface area (Å²) in [6.07, 6.45) is 0.845. The summed E-state index contributed by atoms with van der Waals surface area (Å²) in [5.74, 6) is 0. The number of nitrogens with zero attached hydrogens (tertiary/aromatic N) is 2. The highest BCUT2D eigenvalue weighted by molar-refractivity contribution is 6.33. The summed E-state index contributed by atoms with van der Waals surface area (Å²) in [5.41, 5.74) is 0. The molecule has 0 bridgehead atoms. The third kappa shape index (κ3) is 2.47. The Morgan fingerprint density at radius 2 is 2.07 bits per heavy atom. The van der Waals surface area contributed by atoms with E-state index in [2.05, 4.69) is 9.97 Å². The Kier molecular flexibility index (Phi) is 3.05. The van der Waals surface area contributed by atoms with Crippen LogP contribution in [-0.2, 0) is 4.74 Å². The maximum atomic E-state index is 5.69. The molecule has 0 radical (unpaired) electrons. The lowest BCUT2D eigenvalue weighted by Gasteiger charge is -2.09. The molecule has 76 valence electrons. The van der Waals surface area contributed by atoms with Crippen LogP contribution >= 0.6 is 23.2 Å². The van der Waals surface area contributed by atoms with Crippen molar-refractivity contribution in [3.8, 4) is 6.01 Å². The highest BCUT2D eigenvalue weighted by atomic mass is 35.5. The van der Waals surface area contributed by atoms with E-state index in [1.165, 1.54) is 6.07 Å². The summed E-state index contributed by atoms with van der Waals surface area (Å²) in [6, 6.07) is 1.67. The van der Waals surface area contributed by atoms with Gasteiger partial charge in [0.25, 0.3) is 0 Å². The van der Waals surface area contributed by atoms with Crippen LogP contribution in [0.4, 0.5) is 0 Å². The van der Waals surface area contributed by atoms with Gasteiger partial charge in [-0.2, -0.15) is 9.97 Å². The molecule has 1 aromatic rings. The van der Waals surface area contributed by atoms with Crippen LogP contribution < -0.4 is 4.74 Å². The predicted molar refractivity (Wildman–Crippen MR) is 51.9 cm³/mol. The summed E-state index contributed by atoms with van der Waals surface area (Å²) in [6.45, 7) is 1.27. The Balaban J connectivity index is 2.07. The SMILES string of the molecule is Clc1cc(Cl)nc(OC2CCOC2)n1. The lowest BCUT2D eigenvalue weighted by atomic mass is 10.3. The summed E-state index contributed by atoms with van der Waals surface area (Å²) in [5, 5.41) is 0.554. The number of hydrogen-bond donors (Lipinski definition) is 0. The third-order valence-corrected chi connectivity index (χ3v) is 2.19. The van der Waals surface area contributed by atoms with E-state index in [4.69, 9.17) is 32.7 Å². The van der Waals surface area contributed by atoms with E-state index >= 15 is 0 Å². The molecule has 1 aliphatic heterocycles. The fourth-order valence-electron chi connectivity index (χ4n) is 1.18. The second kappa shape index (κ2) is 4.29. The summed E-state index contributed by atoms with van der Waals surface area (Å²) in [4.78, 5) is 7.78. The highest BCUT2D eigenvalue weighted by Crippen LogP contribution is 2.18. The second-order valence-corrected chi connectivity index (χ2v) is 3.67. The Bertz CT molecular complexity index is 309. The first kappa shape index (κ1) is 9.96. The molecule has 0 saturated carbocycles. The molecule has 0 N–H and O–H groups in total. The van der Waals surface area contributed by atoms with Gasteiger partial charge >= 0.3 is 6.01 Å². The molecule has 1 saturated heterocycles. The van der Waals surface area contributed by atoms with Gasteiger partial charge in [0.2, 0.25) is 0 Å². The maximum absolute atomic E-state index is 5.69. The molecule has 14 heavy (non-hydrogen) atoms. The predicted octanol–water partition coefficient (Wildman–Crippen LogP) is 1.95. The highest BCUT2D eigenvalue weighted by Gasteiger charge is 2.18. The Hall–Kier alpha value is -0.580. The monoisotopic (exact) mass is 234 g/mol. The second-order valence-electron chi connectivity index (χ2n) is 2.90. The molecule has 0 aromatic carbocycles. The third-order valence-electron chi connectivity index (χ3n) is 1.80. The molecular weight excluding hydrogens is 227 g/mol. The quantitative estimate of drug-likeness (QED) is 0.735. The van der Waals surface area contributed by atoms with Crippen molar-refractivity contribution in [2.45, 2.75) is 12.5 Å². The molecular formula is C8H8Cl2N2O2. The number of ether oxygens (including phenoxy) is 2. The van der Waals surface area contributed by atoms with Crippen molar-refractivity contribution in [1.82, 2.24) is 9.97 Å². The van der Waals surface area contributed by atoms with Gasteiger partial charge in [-0.05, 0) is 0 Å². The summed E-state index contributed by atoms with van der Waals surface area (Å²) >= 11 is 11.4. The van der Waals surface area contributed by atoms with Crippen LogP contribution in [0.15, 0.2) is 6.07 Å². The van der Waals surface area contributed by atoms with Crippen LogP contribution in [0.2, 0.25) is 10.3 Å². The Labute approximate surface area is 91.2 Å². The van der Waals surface area contributed by atoms with Crippen molar-refractivity contribution < 1.29 is 9.47 Å². The molecule has 1 fully saturated rings. The molecule has 1 unspecified atom stereocenters. The van der Waals surface area contributed by atoms with Crippen molar-refractivity contribution in [3.05, 3.63) is 16.4 Å². The number of rotatable bonds is 2. The fraction of sp³-hybridized carbons (Fsp3) is 0.500. The minimum atomic E-state index is 0.00420. The summed E-state index contributed by atoms with van der Waals surface area (Å²) < 4.78 is 10.6. The molecule has 0 amide bonds. The van der Waals surface area contributed by atoms with Gasteiger partial charge in [0.1, 0.15) is 16.4 Å². The standard InChI is InChI=1S/C8H8Cl2N2O2/c9-6-3-7(10)12-8(11-6)14-5-1-2-13-4-5/h3,5H,1-2,4H2. The van der Waals surface area contributed by atoms with Crippen LogP contribution in [0.25, 0.3) is 0 Å². The van der Waals surface area contributed by atoms with Gasteiger partial charge in [0, 0.05) is 12.5 Å². The van der Waals surface area contributed by atoms with E-state index < -0.39 is 0 Å². The molecule has 2 heterocycles. The maximum Gasteiger partial charge on any atom is 0.319 e. The van der Waals surface area contributed by atoms with Gasteiger partial charge in [0.15, 0.2) is 0 Å². The van der Waals surface area contributed by atoms with Gasteiger partial charge in [-0.1, -0.05) is 23.2 Å². The van der Waals surface area contributed by atoms with Crippen LogP contribution in [0, 0.1) is 0 Å². The van der Waals surface area contributed by atoms with E-state index in [1.54, 1.807) is 0 Å². The minimum absolute atomic E-state index is 0.00420. The molecule has 6 heteroatoms. The van der Waals surface area contributed by atoms with Gasteiger partial charge in [-0.25, -0.2) is 0 Å². The van der Waals surface area contributed by atoms with Crippen molar-refractivity contribution in [3.63, 3.8) is 0 Å². The molecule has 1 aliphatic rings. The average Bonchev–Trinajstić information content (AvgIpc) is 2.54. The molecule has 1 aromatic heterocycles. The van der Waals surface area contributed by atoms with Gasteiger partial charge in [0.05, 0.1) is 13.2 Å². The van der Waals surface area contributed by atoms with Crippen molar-refractivity contribution >= 4 is 23.2 Å². The van der Waals surface area contributed by atoms with Crippen LogP contribution in [0.3, 0.4) is 0 Å². The average molecular weight is 235 g/mol. The number of halogens is 2. The van der Waals surface area contributed by atoms with Crippen LogP contribution in [-0.4, -0.2) is 29.3 Å². The molecule has 2 rings (SSSR count). The van der Waals surface area contributed by atoms with Crippen LogP contribution in [0.1, 0.15) is 6.42 Å². The van der Waals surface area contributed by atoms with Gasteiger partial charge in [-0.3, -0.25) is 0 Å². The molecule has 0 aliphatic carbocycles. The first-order chi connectivity index (χ1) is 6.74. The topological polar surface area (TPSA) is 44.2 Å². The zero-order valence-corrected chi connectivity index (χ0v) is 8.75. The largest absolute Gasteiger partial charge is 0.458 e. The van der Waals surface area contributed by atoms with E-state index in [9.17, 15) is 0 Å². The lowest BCUT2D eigenvalue weighted by Crippen LogP contribution is -2.17. The Morgan fingerprint density at radius 3 is 2.64 bits per heavy atom. The normalized spacial score (nSPS) is 21.1. The van der Waals surface area contributed by atoms with Crippen molar-refractivity contribution in [1.29, 1.82) is 0 Å². The first-order valence-corrected chi connectivity index (χ1v) is 4.94. The zero-order valence-electron chi connectivity index (χ0n) is 7.24. The fourth-order valence-corrected chi connectivity index (χ4v) is 1.59.